The zero-order chi connectivity index (χ0) is 25.5. The molecule has 182 valence electrons. The van der Waals surface area contributed by atoms with Crippen LogP contribution in [0.5, 0.6) is 0 Å². The van der Waals surface area contributed by atoms with Gasteiger partial charge in [-0.15, -0.1) is 0 Å². The number of imidazole rings is 1. The van der Waals surface area contributed by atoms with Crippen LogP contribution >= 0.6 is 0 Å². The van der Waals surface area contributed by atoms with Gasteiger partial charge >= 0.3 is 0 Å². The Hall–Kier alpha value is -3.13. The molecule has 0 atom stereocenters. The summed E-state index contributed by atoms with van der Waals surface area (Å²) < 4.78 is 4.71. The minimum absolute atomic E-state index is 0.0968. The molecule has 0 amide bonds. The number of rotatable bonds is 5. The molecule has 2 nitrogen and oxygen atoms in total. The average molecular weight is 466 g/mol. The first-order chi connectivity index (χ1) is 16.5. The second-order valence-electron chi connectivity index (χ2n) is 11.5. The van der Waals surface area contributed by atoms with Gasteiger partial charge in [-0.2, -0.15) is 4.57 Å². The molecule has 0 unspecified atom stereocenters. The molecule has 0 saturated heterocycles. The van der Waals surface area contributed by atoms with E-state index < -0.39 is 0 Å². The van der Waals surface area contributed by atoms with Crippen molar-refractivity contribution < 1.29 is 4.57 Å². The number of aryl methyl sites for hydroxylation is 1. The monoisotopic (exact) mass is 465 g/mol. The van der Waals surface area contributed by atoms with Crippen molar-refractivity contribution in [1.82, 2.24) is 4.57 Å². The Morgan fingerprint density at radius 2 is 1.37 bits per heavy atom. The molecule has 0 aliphatic carbocycles. The highest BCUT2D eigenvalue weighted by Crippen LogP contribution is 2.39. The summed E-state index contributed by atoms with van der Waals surface area (Å²) in [6, 6.07) is 22.4. The molecular weight excluding hydrogens is 424 g/mol. The van der Waals surface area contributed by atoms with Gasteiger partial charge in [-0.3, -0.25) is 0 Å². The summed E-state index contributed by atoms with van der Waals surface area (Å²) in [4.78, 5) is 0. The van der Waals surface area contributed by atoms with Crippen LogP contribution in [0.1, 0.15) is 82.6 Å². The number of hydrogen-bond donors (Lipinski definition) is 0. The molecule has 2 heteroatoms. The minimum Gasteiger partial charge on any atom is -0.232 e. The van der Waals surface area contributed by atoms with E-state index in [1.54, 1.807) is 0 Å². The summed E-state index contributed by atoms with van der Waals surface area (Å²) in [6.07, 6.45) is 4.44. The molecule has 4 aromatic rings. The van der Waals surface area contributed by atoms with Gasteiger partial charge in [0.25, 0.3) is 5.82 Å². The van der Waals surface area contributed by atoms with Crippen molar-refractivity contribution in [3.8, 4) is 28.2 Å². The van der Waals surface area contributed by atoms with Gasteiger partial charge in [-0.25, -0.2) is 4.57 Å². The first-order valence-corrected chi connectivity index (χ1v) is 12.9. The van der Waals surface area contributed by atoms with Crippen LogP contribution in [0.25, 0.3) is 28.2 Å². The predicted molar refractivity (Wildman–Crippen MR) is 149 cm³/mol. The Balaban J connectivity index is 2.03. The van der Waals surface area contributed by atoms with Crippen molar-refractivity contribution in [1.29, 1.82) is 0 Å². The smallest absolute Gasteiger partial charge is 0.232 e. The van der Waals surface area contributed by atoms with E-state index in [0.717, 1.165) is 0 Å². The van der Waals surface area contributed by atoms with Crippen LogP contribution in [0.15, 0.2) is 73.1 Å². The first kappa shape index (κ1) is 25.0. The molecule has 0 N–H and O–H groups in total. The van der Waals surface area contributed by atoms with Crippen LogP contribution in [0.2, 0.25) is 0 Å². The quantitative estimate of drug-likeness (QED) is 0.261. The van der Waals surface area contributed by atoms with E-state index in [9.17, 15) is 0 Å². The fraction of sp³-hybridized carbons (Fsp3) is 0.364. The normalized spacial score (nSPS) is 12.1. The molecule has 0 aliphatic rings. The van der Waals surface area contributed by atoms with Gasteiger partial charge in [0, 0.05) is 11.1 Å². The molecule has 0 saturated carbocycles. The van der Waals surface area contributed by atoms with Crippen molar-refractivity contribution in [3.63, 3.8) is 0 Å². The third kappa shape index (κ3) is 4.72. The van der Waals surface area contributed by atoms with Crippen molar-refractivity contribution >= 4 is 0 Å². The van der Waals surface area contributed by atoms with Gasteiger partial charge < -0.3 is 0 Å². The maximum Gasteiger partial charge on any atom is 0.294 e. The van der Waals surface area contributed by atoms with E-state index in [4.69, 9.17) is 0 Å². The van der Waals surface area contributed by atoms with E-state index in [0.29, 0.717) is 11.8 Å². The van der Waals surface area contributed by atoms with Gasteiger partial charge in [-0.05, 0) is 64.6 Å². The van der Waals surface area contributed by atoms with Crippen LogP contribution < -0.4 is 4.57 Å². The number of hydrogen-bond acceptors (Lipinski definition) is 0. The van der Waals surface area contributed by atoms with Gasteiger partial charge in [0.1, 0.15) is 18.1 Å². The van der Waals surface area contributed by atoms with E-state index in [-0.39, 0.29) is 5.41 Å². The Morgan fingerprint density at radius 1 is 0.771 bits per heavy atom. The maximum atomic E-state index is 2.44. The Kier molecular flexibility index (Phi) is 6.77. The molecule has 1 heterocycles. The molecule has 0 fully saturated rings. The highest BCUT2D eigenvalue weighted by atomic mass is 15.1. The van der Waals surface area contributed by atoms with Gasteiger partial charge in [0.2, 0.25) is 0 Å². The fourth-order valence-electron chi connectivity index (χ4n) is 5.30. The molecule has 0 radical (unpaired) electrons. The topological polar surface area (TPSA) is 8.81 Å². The Labute approximate surface area is 212 Å². The zero-order valence-electron chi connectivity index (χ0n) is 23.0. The van der Waals surface area contributed by atoms with Gasteiger partial charge in [-0.1, -0.05) is 90.9 Å². The molecule has 1 aromatic heterocycles. The number of nitrogens with zero attached hydrogens (tertiary/aromatic N) is 2. The van der Waals surface area contributed by atoms with E-state index in [1.807, 2.05) is 0 Å². The van der Waals surface area contributed by atoms with Gasteiger partial charge in [0.15, 0.2) is 0 Å². The minimum atomic E-state index is 0.0968. The number of aromatic nitrogens is 2. The average Bonchev–Trinajstić information content (AvgIpc) is 3.18. The molecular formula is C33H41N2+. The van der Waals surface area contributed by atoms with Crippen molar-refractivity contribution in [3.05, 3.63) is 95.3 Å². The standard InChI is InChI=1S/C33H41N2/c1-22(2)28-20-26(25-14-11-10-12-15-25)21-29(23(3)4)31(28)35-19-18-34(9)32(35)27-16-13-17-30(24(27)5)33(6,7)8/h10-23H,1-9H3/q+1. The SMILES string of the molecule is Cc1c(-c2n(-c3c(C(C)C)cc(-c4ccccc4)cc3C(C)C)cc[n+]2C)cccc1C(C)(C)C. The largest absolute Gasteiger partial charge is 0.294 e. The first-order valence-electron chi connectivity index (χ1n) is 12.9. The summed E-state index contributed by atoms with van der Waals surface area (Å²) in [5.41, 5.74) is 10.8. The van der Waals surface area contributed by atoms with E-state index in [1.165, 1.54) is 50.5 Å². The van der Waals surface area contributed by atoms with Crippen molar-refractivity contribution in [2.45, 2.75) is 72.6 Å². The van der Waals surface area contributed by atoms with Crippen LogP contribution in [0.3, 0.4) is 0 Å². The fourth-order valence-corrected chi connectivity index (χ4v) is 5.30. The lowest BCUT2D eigenvalue weighted by Crippen LogP contribution is -2.30. The Morgan fingerprint density at radius 3 is 1.91 bits per heavy atom. The lowest BCUT2D eigenvalue weighted by molar-refractivity contribution is -0.659. The molecule has 3 aromatic carbocycles. The maximum absolute atomic E-state index is 2.44. The summed E-state index contributed by atoms with van der Waals surface area (Å²) >= 11 is 0. The van der Waals surface area contributed by atoms with Crippen molar-refractivity contribution in [2.24, 2.45) is 7.05 Å². The van der Waals surface area contributed by atoms with Gasteiger partial charge in [0.05, 0.1) is 12.6 Å². The second kappa shape index (κ2) is 9.49. The lowest BCUT2D eigenvalue weighted by atomic mass is 9.82. The lowest BCUT2D eigenvalue weighted by Gasteiger charge is -2.23. The second-order valence-corrected chi connectivity index (χ2v) is 11.5. The predicted octanol–water partition coefficient (Wildman–Crippen LogP) is 8.49. The third-order valence-corrected chi connectivity index (χ3v) is 7.15. The van der Waals surface area contributed by atoms with Crippen LogP contribution in [-0.2, 0) is 12.5 Å². The van der Waals surface area contributed by atoms with Crippen LogP contribution in [0, 0.1) is 6.92 Å². The summed E-state index contributed by atoms with van der Waals surface area (Å²) in [5, 5.41) is 0. The zero-order valence-corrected chi connectivity index (χ0v) is 23.0. The van der Waals surface area contributed by atoms with Crippen LogP contribution in [0.4, 0.5) is 0 Å². The Bertz CT molecular complexity index is 1300. The molecule has 0 bridgehead atoms. The summed E-state index contributed by atoms with van der Waals surface area (Å²) in [7, 11) is 2.16. The number of benzene rings is 3. The highest BCUT2D eigenvalue weighted by Gasteiger charge is 2.29. The highest BCUT2D eigenvalue weighted by molar-refractivity contribution is 5.71. The van der Waals surface area contributed by atoms with Crippen LogP contribution in [-0.4, -0.2) is 4.57 Å². The van der Waals surface area contributed by atoms with Crippen molar-refractivity contribution in [2.75, 3.05) is 0 Å². The molecule has 35 heavy (non-hydrogen) atoms. The third-order valence-electron chi connectivity index (χ3n) is 7.15. The molecule has 0 spiro atoms. The molecule has 4 rings (SSSR count). The summed E-state index contributed by atoms with van der Waals surface area (Å²) in [6.45, 7) is 18.4. The molecule has 0 aliphatic heterocycles. The van der Waals surface area contributed by atoms with E-state index in [2.05, 4.69) is 145 Å². The summed E-state index contributed by atoms with van der Waals surface area (Å²) in [5.74, 6) is 2.02. The van der Waals surface area contributed by atoms with E-state index >= 15 is 0 Å².